The van der Waals surface area contributed by atoms with Crippen LogP contribution in [0.5, 0.6) is 11.5 Å². The molecule has 7 nitrogen and oxygen atoms in total. The van der Waals surface area contributed by atoms with Crippen LogP contribution in [0.2, 0.25) is 0 Å². The normalized spacial score (nSPS) is 12.6. The van der Waals surface area contributed by atoms with Gasteiger partial charge in [0.1, 0.15) is 0 Å². The summed E-state index contributed by atoms with van der Waals surface area (Å²) in [5, 5.41) is 10.9. The molecule has 0 unspecified atom stereocenters. The molecule has 142 valence electrons. The zero-order chi connectivity index (χ0) is 17.5. The van der Waals surface area contributed by atoms with E-state index >= 15 is 0 Å². The average molecular weight is 471 g/mol. The molecule has 0 amide bonds. The van der Waals surface area contributed by atoms with Gasteiger partial charge in [-0.2, -0.15) is 5.10 Å². The van der Waals surface area contributed by atoms with Gasteiger partial charge in [-0.15, -0.1) is 24.0 Å². The van der Waals surface area contributed by atoms with Crippen LogP contribution in [0.15, 0.2) is 35.6 Å². The molecule has 0 radical (unpaired) electrons. The maximum absolute atomic E-state index is 5.41. The molecule has 0 bridgehead atoms. The quantitative estimate of drug-likeness (QED) is 0.369. The summed E-state index contributed by atoms with van der Waals surface area (Å²) >= 11 is 0. The van der Waals surface area contributed by atoms with Gasteiger partial charge in [0.15, 0.2) is 17.5 Å². The second-order valence-electron chi connectivity index (χ2n) is 5.91. The lowest BCUT2D eigenvalue weighted by Crippen LogP contribution is -2.39. The van der Waals surface area contributed by atoms with Crippen LogP contribution < -0.4 is 20.1 Å². The van der Waals surface area contributed by atoms with Crippen molar-refractivity contribution in [2.24, 2.45) is 4.99 Å². The Morgan fingerprint density at radius 3 is 2.88 bits per heavy atom. The minimum Gasteiger partial charge on any atom is -0.454 e. The number of hydrogen-bond donors (Lipinski definition) is 2. The maximum Gasteiger partial charge on any atom is 0.231 e. The topological polar surface area (TPSA) is 72.7 Å². The number of benzene rings is 1. The van der Waals surface area contributed by atoms with Gasteiger partial charge in [-0.1, -0.05) is 6.07 Å². The molecule has 2 aromatic rings. The lowest BCUT2D eigenvalue weighted by molar-refractivity contribution is 0.174. The molecule has 1 aliphatic rings. The zero-order valence-electron chi connectivity index (χ0n) is 15.2. The van der Waals surface area contributed by atoms with Gasteiger partial charge < -0.3 is 20.1 Å². The molecule has 3 rings (SSSR count). The van der Waals surface area contributed by atoms with Crippen molar-refractivity contribution in [3.05, 3.63) is 41.7 Å². The number of aromatic nitrogens is 2. The summed E-state index contributed by atoms with van der Waals surface area (Å²) in [6, 6.07) is 6.04. The SMILES string of the molecule is CCNC(=NCCc1ccc2c(c1)OCO2)NCCn1cc(C)cn1.I. The van der Waals surface area contributed by atoms with Crippen molar-refractivity contribution in [3.8, 4) is 11.5 Å². The van der Waals surface area contributed by atoms with Crippen LogP contribution in [0.4, 0.5) is 0 Å². The van der Waals surface area contributed by atoms with Crippen LogP contribution in [0.25, 0.3) is 0 Å². The summed E-state index contributed by atoms with van der Waals surface area (Å²) in [6.07, 6.45) is 4.75. The number of ether oxygens (including phenoxy) is 2. The van der Waals surface area contributed by atoms with E-state index in [1.165, 1.54) is 11.1 Å². The highest BCUT2D eigenvalue weighted by molar-refractivity contribution is 14.0. The van der Waals surface area contributed by atoms with Crippen LogP contribution in [-0.4, -0.2) is 42.2 Å². The second-order valence-corrected chi connectivity index (χ2v) is 5.91. The standard InChI is InChI=1S/C18H25N5O2.HI/c1-3-19-18(21-8-9-23-12-14(2)11-22-23)20-7-6-15-4-5-16-17(10-15)25-13-24-16;/h4-5,10-12H,3,6-9,13H2,1-2H3,(H2,19,20,21);1H. The van der Waals surface area contributed by atoms with Crippen LogP contribution in [0.1, 0.15) is 18.1 Å². The molecule has 8 heteroatoms. The molecule has 2 heterocycles. The van der Waals surface area contributed by atoms with Gasteiger partial charge in [0.05, 0.1) is 12.7 Å². The van der Waals surface area contributed by atoms with Gasteiger partial charge in [-0.3, -0.25) is 9.67 Å². The fraction of sp³-hybridized carbons (Fsp3) is 0.444. The first-order valence-electron chi connectivity index (χ1n) is 8.64. The van der Waals surface area contributed by atoms with Gasteiger partial charge >= 0.3 is 0 Å². The van der Waals surface area contributed by atoms with Crippen LogP contribution >= 0.6 is 24.0 Å². The summed E-state index contributed by atoms with van der Waals surface area (Å²) in [5.41, 5.74) is 2.36. The molecule has 1 aromatic carbocycles. The van der Waals surface area contributed by atoms with Crippen molar-refractivity contribution in [1.29, 1.82) is 0 Å². The monoisotopic (exact) mass is 471 g/mol. The highest BCUT2D eigenvalue weighted by atomic mass is 127. The number of nitrogens with one attached hydrogen (secondary N) is 2. The van der Waals surface area contributed by atoms with Crippen molar-refractivity contribution in [2.45, 2.75) is 26.8 Å². The predicted molar refractivity (Wildman–Crippen MR) is 113 cm³/mol. The number of rotatable bonds is 7. The van der Waals surface area contributed by atoms with E-state index in [0.29, 0.717) is 13.3 Å². The number of aryl methyl sites for hydroxylation is 1. The van der Waals surface area contributed by atoms with Crippen LogP contribution in [0.3, 0.4) is 0 Å². The summed E-state index contributed by atoms with van der Waals surface area (Å²) < 4.78 is 12.7. The number of fused-ring (bicyclic) bond motifs is 1. The molecule has 26 heavy (non-hydrogen) atoms. The van der Waals surface area contributed by atoms with Crippen LogP contribution in [0, 0.1) is 6.92 Å². The van der Waals surface area contributed by atoms with E-state index in [2.05, 4.69) is 33.7 Å². The van der Waals surface area contributed by atoms with E-state index < -0.39 is 0 Å². The van der Waals surface area contributed by atoms with Crippen molar-refractivity contribution >= 4 is 29.9 Å². The number of nitrogens with zero attached hydrogens (tertiary/aromatic N) is 3. The first-order chi connectivity index (χ1) is 12.2. The Morgan fingerprint density at radius 2 is 2.12 bits per heavy atom. The van der Waals surface area contributed by atoms with Gasteiger partial charge in [0.25, 0.3) is 0 Å². The Labute approximate surface area is 171 Å². The predicted octanol–water partition coefficient (Wildman–Crippen LogP) is 2.34. The molecule has 1 aliphatic heterocycles. The minimum atomic E-state index is 0. The maximum atomic E-state index is 5.41. The molecule has 2 N–H and O–H groups in total. The van der Waals surface area contributed by atoms with E-state index in [0.717, 1.165) is 43.5 Å². The van der Waals surface area contributed by atoms with E-state index in [-0.39, 0.29) is 24.0 Å². The first-order valence-corrected chi connectivity index (χ1v) is 8.64. The molecule has 0 aliphatic carbocycles. The largest absolute Gasteiger partial charge is 0.454 e. The molecule has 0 saturated carbocycles. The molecule has 0 spiro atoms. The van der Waals surface area contributed by atoms with Gasteiger partial charge in [-0.25, -0.2) is 0 Å². The Bertz CT molecular complexity index is 732. The summed E-state index contributed by atoms with van der Waals surface area (Å²) in [4.78, 5) is 4.63. The van der Waals surface area contributed by atoms with E-state index in [1.807, 2.05) is 36.1 Å². The number of halogens is 1. The smallest absolute Gasteiger partial charge is 0.231 e. The van der Waals surface area contributed by atoms with E-state index in [4.69, 9.17) is 9.47 Å². The van der Waals surface area contributed by atoms with Gasteiger partial charge in [0.2, 0.25) is 6.79 Å². The number of aliphatic imine (C=N–C) groups is 1. The third-order valence-electron chi connectivity index (χ3n) is 3.85. The molecule has 0 saturated heterocycles. The lowest BCUT2D eigenvalue weighted by atomic mass is 10.1. The second kappa shape index (κ2) is 10.2. The fourth-order valence-corrected chi connectivity index (χ4v) is 2.61. The summed E-state index contributed by atoms with van der Waals surface area (Å²) in [5.74, 6) is 2.46. The van der Waals surface area contributed by atoms with E-state index in [1.54, 1.807) is 0 Å². The molecular formula is C18H26IN5O2. The molecular weight excluding hydrogens is 445 g/mol. The molecule has 0 fully saturated rings. The third-order valence-corrected chi connectivity index (χ3v) is 3.85. The van der Waals surface area contributed by atoms with Crippen molar-refractivity contribution in [1.82, 2.24) is 20.4 Å². The Morgan fingerprint density at radius 1 is 1.27 bits per heavy atom. The highest BCUT2D eigenvalue weighted by Gasteiger charge is 2.12. The number of hydrogen-bond acceptors (Lipinski definition) is 4. The Kier molecular flexibility index (Phi) is 8.02. The minimum absolute atomic E-state index is 0. The van der Waals surface area contributed by atoms with Gasteiger partial charge in [-0.05, 0) is 43.5 Å². The Balaban J connectivity index is 0.00000243. The third kappa shape index (κ3) is 5.79. The van der Waals surface area contributed by atoms with Gasteiger partial charge in [0, 0.05) is 25.8 Å². The fourth-order valence-electron chi connectivity index (χ4n) is 2.61. The van der Waals surface area contributed by atoms with Crippen molar-refractivity contribution in [2.75, 3.05) is 26.4 Å². The van der Waals surface area contributed by atoms with Crippen molar-refractivity contribution in [3.63, 3.8) is 0 Å². The molecule has 0 atom stereocenters. The summed E-state index contributed by atoms with van der Waals surface area (Å²) in [6.45, 7) is 7.52. The average Bonchev–Trinajstić information content (AvgIpc) is 3.23. The Hall–Kier alpha value is -1.97. The first kappa shape index (κ1) is 20.3. The van der Waals surface area contributed by atoms with Crippen LogP contribution in [-0.2, 0) is 13.0 Å². The van der Waals surface area contributed by atoms with E-state index in [9.17, 15) is 0 Å². The zero-order valence-corrected chi connectivity index (χ0v) is 17.5. The lowest BCUT2D eigenvalue weighted by Gasteiger charge is -2.11. The number of guanidine groups is 1. The van der Waals surface area contributed by atoms with Crippen molar-refractivity contribution < 1.29 is 9.47 Å². The molecule has 1 aromatic heterocycles. The summed E-state index contributed by atoms with van der Waals surface area (Å²) in [7, 11) is 0. The highest BCUT2D eigenvalue weighted by Crippen LogP contribution is 2.32.